The monoisotopic (exact) mass is 220 g/mol. The third-order valence-corrected chi connectivity index (χ3v) is 2.48. The van der Waals surface area contributed by atoms with Crippen molar-refractivity contribution in [2.75, 3.05) is 17.7 Å². The molecule has 0 saturated heterocycles. The van der Waals surface area contributed by atoms with Gasteiger partial charge >= 0.3 is 0 Å². The van der Waals surface area contributed by atoms with Crippen LogP contribution in [0.25, 0.3) is 0 Å². The Morgan fingerprint density at radius 3 is 2.88 bits per heavy atom. The van der Waals surface area contributed by atoms with Gasteiger partial charge in [0.05, 0.1) is 6.61 Å². The average molecular weight is 220 g/mol. The highest BCUT2D eigenvalue weighted by molar-refractivity contribution is 5.66. The van der Waals surface area contributed by atoms with Gasteiger partial charge in [0, 0.05) is 6.04 Å². The molecule has 0 unspecified atom stereocenters. The van der Waals surface area contributed by atoms with Gasteiger partial charge in [-0.2, -0.15) is 4.98 Å². The van der Waals surface area contributed by atoms with E-state index in [0.717, 1.165) is 12.8 Å². The van der Waals surface area contributed by atoms with Crippen LogP contribution >= 0.6 is 0 Å². The fourth-order valence-electron chi connectivity index (χ4n) is 1.67. The van der Waals surface area contributed by atoms with Gasteiger partial charge in [-0.05, 0) is 19.8 Å². The molecule has 86 valence electrons. The Kier molecular flexibility index (Phi) is 3.24. The first-order chi connectivity index (χ1) is 7.81. The summed E-state index contributed by atoms with van der Waals surface area (Å²) in [6.07, 6.45) is 7.78. The van der Waals surface area contributed by atoms with E-state index < -0.39 is 0 Å². The predicted octanol–water partition coefficient (Wildman–Crippen LogP) is 1.59. The Labute approximate surface area is 94.7 Å². The number of hydrogen-bond acceptors (Lipinski definition) is 5. The molecule has 3 N–H and O–H groups in total. The maximum atomic E-state index is 5.91. The molecule has 0 aliphatic heterocycles. The van der Waals surface area contributed by atoms with Crippen molar-refractivity contribution in [3.8, 4) is 5.88 Å². The lowest BCUT2D eigenvalue weighted by Gasteiger charge is -2.15. The summed E-state index contributed by atoms with van der Waals surface area (Å²) in [6.45, 7) is 2.45. The Balaban J connectivity index is 2.10. The minimum atomic E-state index is 0.381. The molecule has 5 heteroatoms. The molecule has 1 aliphatic carbocycles. The number of rotatable bonds is 4. The van der Waals surface area contributed by atoms with Crippen molar-refractivity contribution < 1.29 is 4.74 Å². The largest absolute Gasteiger partial charge is 0.476 e. The van der Waals surface area contributed by atoms with Gasteiger partial charge in [-0.3, -0.25) is 0 Å². The fraction of sp³-hybridized carbons (Fsp3) is 0.455. The van der Waals surface area contributed by atoms with E-state index in [1.807, 2.05) is 6.92 Å². The fourth-order valence-corrected chi connectivity index (χ4v) is 1.67. The first kappa shape index (κ1) is 10.7. The maximum Gasteiger partial charge on any atom is 0.242 e. The van der Waals surface area contributed by atoms with Crippen LogP contribution in [0.15, 0.2) is 18.5 Å². The topological polar surface area (TPSA) is 73.1 Å². The lowest BCUT2D eigenvalue weighted by molar-refractivity contribution is 0.328. The van der Waals surface area contributed by atoms with Crippen LogP contribution in [0.3, 0.4) is 0 Å². The van der Waals surface area contributed by atoms with Crippen LogP contribution in [0.4, 0.5) is 11.5 Å². The smallest absolute Gasteiger partial charge is 0.242 e. The molecule has 1 aromatic rings. The highest BCUT2D eigenvalue weighted by Crippen LogP contribution is 2.26. The lowest BCUT2D eigenvalue weighted by atomic mass is 10.2. The Hall–Kier alpha value is -1.78. The van der Waals surface area contributed by atoms with E-state index in [-0.39, 0.29) is 0 Å². The molecule has 0 aromatic carbocycles. The van der Waals surface area contributed by atoms with E-state index in [9.17, 15) is 0 Å². The zero-order chi connectivity index (χ0) is 11.4. The number of ether oxygens (including phenoxy) is 1. The normalized spacial score (nSPS) is 15.3. The third-order valence-electron chi connectivity index (χ3n) is 2.48. The van der Waals surface area contributed by atoms with Crippen LogP contribution in [-0.4, -0.2) is 22.6 Å². The Morgan fingerprint density at radius 1 is 1.44 bits per heavy atom. The molecule has 2 rings (SSSR count). The highest BCUT2D eigenvalue weighted by atomic mass is 16.5. The second kappa shape index (κ2) is 4.83. The molecule has 16 heavy (non-hydrogen) atoms. The summed E-state index contributed by atoms with van der Waals surface area (Å²) in [7, 11) is 0. The zero-order valence-corrected chi connectivity index (χ0v) is 9.31. The van der Waals surface area contributed by atoms with Crippen molar-refractivity contribution in [2.24, 2.45) is 0 Å². The number of nitrogens with two attached hydrogens (primary N) is 1. The SMILES string of the molecule is CCOc1ncnc(NC2CC=CC2)c1N. The van der Waals surface area contributed by atoms with Crippen molar-refractivity contribution >= 4 is 11.5 Å². The van der Waals surface area contributed by atoms with Gasteiger partial charge in [-0.1, -0.05) is 12.2 Å². The van der Waals surface area contributed by atoms with E-state index in [0.29, 0.717) is 30.0 Å². The summed E-state index contributed by atoms with van der Waals surface area (Å²) >= 11 is 0. The molecule has 1 aromatic heterocycles. The van der Waals surface area contributed by atoms with Crippen molar-refractivity contribution in [3.05, 3.63) is 18.5 Å². The standard InChI is InChI=1S/C11H16N4O/c1-2-16-11-9(12)10(13-7-14-11)15-8-5-3-4-6-8/h3-4,7-8H,2,5-6,12H2,1H3,(H,13,14,15). The zero-order valence-electron chi connectivity index (χ0n) is 9.31. The molecule has 0 fully saturated rings. The molecule has 0 amide bonds. The van der Waals surface area contributed by atoms with Crippen LogP contribution in [0.1, 0.15) is 19.8 Å². The summed E-state index contributed by atoms with van der Waals surface area (Å²) in [5.41, 5.74) is 6.40. The minimum absolute atomic E-state index is 0.381. The summed E-state index contributed by atoms with van der Waals surface area (Å²) in [5.74, 6) is 1.11. The summed E-state index contributed by atoms with van der Waals surface area (Å²) in [6, 6.07) is 0.381. The number of aromatic nitrogens is 2. The molecule has 0 saturated carbocycles. The summed E-state index contributed by atoms with van der Waals surface area (Å²) in [4.78, 5) is 8.12. The van der Waals surface area contributed by atoms with E-state index in [4.69, 9.17) is 10.5 Å². The van der Waals surface area contributed by atoms with E-state index in [1.54, 1.807) is 0 Å². The average Bonchev–Trinajstić information content (AvgIpc) is 2.77. The minimum Gasteiger partial charge on any atom is -0.476 e. The second-order valence-corrected chi connectivity index (χ2v) is 3.66. The predicted molar refractivity (Wildman–Crippen MR) is 63.4 cm³/mol. The molecule has 0 spiro atoms. The lowest BCUT2D eigenvalue weighted by Crippen LogP contribution is -2.17. The van der Waals surface area contributed by atoms with Gasteiger partial charge < -0.3 is 15.8 Å². The second-order valence-electron chi connectivity index (χ2n) is 3.66. The van der Waals surface area contributed by atoms with Gasteiger partial charge in [-0.25, -0.2) is 4.98 Å². The van der Waals surface area contributed by atoms with Gasteiger partial charge in [0.2, 0.25) is 5.88 Å². The molecule has 0 radical (unpaired) electrons. The molecule has 5 nitrogen and oxygen atoms in total. The number of nitrogens with zero attached hydrogens (tertiary/aromatic N) is 2. The Morgan fingerprint density at radius 2 is 2.19 bits per heavy atom. The molecular weight excluding hydrogens is 204 g/mol. The van der Waals surface area contributed by atoms with Gasteiger partial charge in [0.15, 0.2) is 5.82 Å². The molecule has 1 heterocycles. The first-order valence-corrected chi connectivity index (χ1v) is 5.46. The van der Waals surface area contributed by atoms with Crippen LogP contribution in [-0.2, 0) is 0 Å². The van der Waals surface area contributed by atoms with Crippen LogP contribution < -0.4 is 15.8 Å². The van der Waals surface area contributed by atoms with Gasteiger partial charge in [0.1, 0.15) is 12.0 Å². The van der Waals surface area contributed by atoms with Crippen molar-refractivity contribution in [1.82, 2.24) is 9.97 Å². The van der Waals surface area contributed by atoms with Crippen molar-refractivity contribution in [1.29, 1.82) is 0 Å². The maximum absolute atomic E-state index is 5.91. The van der Waals surface area contributed by atoms with E-state index in [2.05, 4.69) is 27.4 Å². The van der Waals surface area contributed by atoms with Gasteiger partial charge in [0.25, 0.3) is 0 Å². The molecular formula is C11H16N4O. The van der Waals surface area contributed by atoms with Crippen molar-refractivity contribution in [2.45, 2.75) is 25.8 Å². The third kappa shape index (κ3) is 2.24. The highest BCUT2D eigenvalue weighted by Gasteiger charge is 2.14. The number of nitrogen functional groups attached to an aromatic ring is 1. The molecule has 0 bridgehead atoms. The first-order valence-electron chi connectivity index (χ1n) is 5.46. The van der Waals surface area contributed by atoms with Crippen LogP contribution in [0.2, 0.25) is 0 Å². The van der Waals surface area contributed by atoms with E-state index in [1.165, 1.54) is 6.33 Å². The summed E-state index contributed by atoms with van der Waals surface area (Å²) in [5, 5.41) is 3.29. The van der Waals surface area contributed by atoms with Crippen LogP contribution in [0, 0.1) is 0 Å². The quantitative estimate of drug-likeness (QED) is 0.754. The van der Waals surface area contributed by atoms with E-state index >= 15 is 0 Å². The number of nitrogens with one attached hydrogen (secondary N) is 1. The van der Waals surface area contributed by atoms with Gasteiger partial charge in [-0.15, -0.1) is 0 Å². The van der Waals surface area contributed by atoms with Crippen LogP contribution in [0.5, 0.6) is 5.88 Å². The molecule has 0 atom stereocenters. The number of hydrogen-bond donors (Lipinski definition) is 2. The van der Waals surface area contributed by atoms with Crippen molar-refractivity contribution in [3.63, 3.8) is 0 Å². The Bertz CT molecular complexity index is 384. The summed E-state index contributed by atoms with van der Waals surface area (Å²) < 4.78 is 5.31. The number of anilines is 2. The molecule has 1 aliphatic rings.